The number of nitrogens with zero attached hydrogens (tertiary/aromatic N) is 2. The van der Waals surface area contributed by atoms with E-state index in [4.69, 9.17) is 23.2 Å². The van der Waals surface area contributed by atoms with Crippen molar-refractivity contribution in [2.24, 2.45) is 0 Å². The number of pyridine rings is 1. The van der Waals surface area contributed by atoms with Gasteiger partial charge >= 0.3 is 0 Å². The molecule has 0 amide bonds. The zero-order valence-electron chi connectivity index (χ0n) is 10.4. The zero-order valence-corrected chi connectivity index (χ0v) is 12.7. The smallest absolute Gasteiger partial charge is 0.129 e. The average Bonchev–Trinajstić information content (AvgIpc) is 3.14. The molecule has 3 rings (SSSR count). The van der Waals surface area contributed by atoms with Crippen LogP contribution in [0.5, 0.6) is 0 Å². The van der Waals surface area contributed by atoms with Gasteiger partial charge in [0.1, 0.15) is 5.82 Å². The molecule has 0 aromatic carbocycles. The van der Waals surface area contributed by atoms with Crippen LogP contribution in [0.15, 0.2) is 29.1 Å². The van der Waals surface area contributed by atoms with Gasteiger partial charge in [0, 0.05) is 24.7 Å². The molecule has 0 atom stereocenters. The summed E-state index contributed by atoms with van der Waals surface area (Å²) >= 11 is 13.7. The third-order valence-corrected chi connectivity index (χ3v) is 4.64. The lowest BCUT2D eigenvalue weighted by Crippen LogP contribution is -2.25. The molecule has 0 saturated heterocycles. The Hall–Kier alpha value is -0.770. The van der Waals surface area contributed by atoms with E-state index >= 15 is 0 Å². The highest BCUT2D eigenvalue weighted by Crippen LogP contribution is 2.33. The second-order valence-corrected chi connectivity index (χ2v) is 6.21. The first-order valence-electron chi connectivity index (χ1n) is 6.26. The van der Waals surface area contributed by atoms with E-state index in [1.165, 1.54) is 18.4 Å². The molecule has 1 aliphatic rings. The van der Waals surface area contributed by atoms with Crippen molar-refractivity contribution in [3.05, 3.63) is 45.2 Å². The van der Waals surface area contributed by atoms with Gasteiger partial charge in [0.2, 0.25) is 0 Å². The summed E-state index contributed by atoms with van der Waals surface area (Å²) in [5, 5.41) is 4.94. The molecule has 5 heteroatoms. The second kappa shape index (κ2) is 5.70. The Morgan fingerprint density at radius 2 is 2.26 bits per heavy atom. The molecule has 1 aliphatic carbocycles. The topological polar surface area (TPSA) is 16.1 Å². The Morgan fingerprint density at radius 3 is 2.89 bits per heavy atom. The lowest BCUT2D eigenvalue weighted by molar-refractivity contribution is 0.779. The number of rotatable bonds is 5. The number of thiophene rings is 1. The highest BCUT2D eigenvalue weighted by Gasteiger charge is 2.30. The molecule has 0 aliphatic heterocycles. The second-order valence-electron chi connectivity index (χ2n) is 4.76. The highest BCUT2D eigenvalue weighted by atomic mass is 35.5. The molecule has 19 heavy (non-hydrogen) atoms. The van der Waals surface area contributed by atoms with Gasteiger partial charge < -0.3 is 4.90 Å². The zero-order chi connectivity index (χ0) is 13.2. The third-order valence-electron chi connectivity index (χ3n) is 3.28. The minimum atomic E-state index is 0.422. The standard InChI is InChI=1S/C14H14Cl2N2S/c15-6-11-5-14(17-7-13(11)16)18(12-1-2-12)8-10-3-4-19-9-10/h3-5,7,9,12H,1-2,6,8H2. The molecule has 0 radical (unpaired) electrons. The van der Waals surface area contributed by atoms with Crippen LogP contribution in [0, 0.1) is 0 Å². The van der Waals surface area contributed by atoms with E-state index in [0.717, 1.165) is 17.9 Å². The van der Waals surface area contributed by atoms with Crippen molar-refractivity contribution in [1.29, 1.82) is 0 Å². The predicted octanol–water partition coefficient (Wildman–Crippen LogP) is 4.70. The Balaban J connectivity index is 1.87. The first-order valence-corrected chi connectivity index (χ1v) is 8.11. The molecule has 100 valence electrons. The largest absolute Gasteiger partial charge is 0.349 e. The Morgan fingerprint density at radius 1 is 1.42 bits per heavy atom. The van der Waals surface area contributed by atoms with Crippen LogP contribution in [0.3, 0.4) is 0 Å². The van der Waals surface area contributed by atoms with Gasteiger partial charge in [0.15, 0.2) is 0 Å². The summed E-state index contributed by atoms with van der Waals surface area (Å²) in [5.41, 5.74) is 2.28. The van der Waals surface area contributed by atoms with Crippen LogP contribution in [0.2, 0.25) is 5.02 Å². The maximum atomic E-state index is 6.08. The quantitative estimate of drug-likeness (QED) is 0.744. The van der Waals surface area contributed by atoms with Crippen LogP contribution in [0.1, 0.15) is 24.0 Å². The van der Waals surface area contributed by atoms with Crippen molar-refractivity contribution in [1.82, 2.24) is 4.98 Å². The highest BCUT2D eigenvalue weighted by molar-refractivity contribution is 7.07. The van der Waals surface area contributed by atoms with Crippen molar-refractivity contribution in [2.75, 3.05) is 4.90 Å². The maximum Gasteiger partial charge on any atom is 0.129 e. The molecule has 0 spiro atoms. The molecule has 0 bridgehead atoms. The number of hydrogen-bond acceptors (Lipinski definition) is 3. The average molecular weight is 313 g/mol. The Labute approximate surface area is 127 Å². The first kappa shape index (κ1) is 13.2. The van der Waals surface area contributed by atoms with Crippen LogP contribution in [0.4, 0.5) is 5.82 Å². The van der Waals surface area contributed by atoms with Crippen LogP contribution < -0.4 is 4.90 Å². The summed E-state index contributed by atoms with van der Waals surface area (Å²) in [7, 11) is 0. The molecule has 1 fully saturated rings. The first-order chi connectivity index (χ1) is 9.28. The number of aromatic nitrogens is 1. The fourth-order valence-corrected chi connectivity index (χ4v) is 3.21. The molecule has 2 aromatic rings. The van der Waals surface area contributed by atoms with Crippen molar-refractivity contribution >= 4 is 40.4 Å². The summed E-state index contributed by atoms with van der Waals surface area (Å²) < 4.78 is 0. The number of hydrogen-bond donors (Lipinski definition) is 0. The maximum absolute atomic E-state index is 6.08. The van der Waals surface area contributed by atoms with E-state index in [2.05, 4.69) is 26.7 Å². The van der Waals surface area contributed by atoms with Crippen LogP contribution in [-0.2, 0) is 12.4 Å². The Bertz CT molecular complexity index is 553. The Kier molecular flexibility index (Phi) is 3.96. The number of halogens is 2. The molecular weight excluding hydrogens is 299 g/mol. The molecule has 2 aromatic heterocycles. The van der Waals surface area contributed by atoms with E-state index in [1.54, 1.807) is 17.5 Å². The van der Waals surface area contributed by atoms with Crippen molar-refractivity contribution < 1.29 is 0 Å². The van der Waals surface area contributed by atoms with Gasteiger partial charge in [0.25, 0.3) is 0 Å². The van der Waals surface area contributed by atoms with E-state index < -0.39 is 0 Å². The van der Waals surface area contributed by atoms with E-state index in [1.807, 2.05) is 6.07 Å². The molecule has 0 unspecified atom stereocenters. The summed E-state index contributed by atoms with van der Waals surface area (Å²) in [5.74, 6) is 1.40. The van der Waals surface area contributed by atoms with Crippen molar-refractivity contribution in [3.8, 4) is 0 Å². The summed E-state index contributed by atoms with van der Waals surface area (Å²) in [6, 6.07) is 4.79. The lowest BCUT2D eigenvalue weighted by Gasteiger charge is -2.23. The molecular formula is C14H14Cl2N2S. The SMILES string of the molecule is ClCc1cc(N(Cc2ccsc2)C2CC2)ncc1Cl. The monoisotopic (exact) mass is 312 g/mol. The van der Waals surface area contributed by atoms with Gasteiger partial charge in [-0.1, -0.05) is 11.6 Å². The van der Waals surface area contributed by atoms with Gasteiger partial charge in [-0.15, -0.1) is 11.6 Å². The summed E-state index contributed by atoms with van der Waals surface area (Å²) in [6.45, 7) is 0.907. The number of anilines is 1. The van der Waals surface area contributed by atoms with Gasteiger partial charge in [-0.2, -0.15) is 11.3 Å². The van der Waals surface area contributed by atoms with Crippen LogP contribution in [-0.4, -0.2) is 11.0 Å². The number of alkyl halides is 1. The van der Waals surface area contributed by atoms with E-state index in [-0.39, 0.29) is 0 Å². The van der Waals surface area contributed by atoms with Crippen molar-refractivity contribution in [3.63, 3.8) is 0 Å². The van der Waals surface area contributed by atoms with E-state index in [0.29, 0.717) is 16.9 Å². The molecule has 2 heterocycles. The minimum absolute atomic E-state index is 0.422. The summed E-state index contributed by atoms with van der Waals surface area (Å²) in [4.78, 5) is 6.82. The van der Waals surface area contributed by atoms with E-state index in [9.17, 15) is 0 Å². The lowest BCUT2D eigenvalue weighted by atomic mass is 10.2. The van der Waals surface area contributed by atoms with Gasteiger partial charge in [-0.3, -0.25) is 0 Å². The summed E-state index contributed by atoms with van der Waals surface area (Å²) in [6.07, 6.45) is 4.19. The fourth-order valence-electron chi connectivity index (χ4n) is 2.09. The van der Waals surface area contributed by atoms with Crippen LogP contribution >= 0.6 is 34.5 Å². The van der Waals surface area contributed by atoms with Gasteiger partial charge in [0.05, 0.1) is 5.02 Å². The molecule has 0 N–H and O–H groups in total. The fraction of sp³-hybridized carbons (Fsp3) is 0.357. The van der Waals surface area contributed by atoms with Crippen molar-refractivity contribution in [2.45, 2.75) is 31.3 Å². The van der Waals surface area contributed by atoms with Crippen LogP contribution in [0.25, 0.3) is 0 Å². The van der Waals surface area contributed by atoms with Gasteiger partial charge in [-0.25, -0.2) is 4.98 Å². The third kappa shape index (κ3) is 3.04. The predicted molar refractivity (Wildman–Crippen MR) is 82.3 cm³/mol. The molecule has 2 nitrogen and oxygen atoms in total. The normalized spacial score (nSPS) is 14.6. The molecule has 1 saturated carbocycles. The van der Waals surface area contributed by atoms with Gasteiger partial charge in [-0.05, 0) is 46.9 Å². The minimum Gasteiger partial charge on any atom is -0.349 e.